The van der Waals surface area contributed by atoms with E-state index in [1.165, 1.54) is 4.90 Å². The van der Waals surface area contributed by atoms with Crippen molar-refractivity contribution in [3.05, 3.63) is 33.8 Å². The van der Waals surface area contributed by atoms with Crippen molar-refractivity contribution in [2.24, 2.45) is 0 Å². The van der Waals surface area contributed by atoms with E-state index >= 15 is 0 Å². The highest BCUT2D eigenvalue weighted by Gasteiger charge is 2.35. The van der Waals surface area contributed by atoms with Gasteiger partial charge >= 0.3 is 6.03 Å². The minimum Gasteiger partial charge on any atom is -0.338 e. The zero-order chi connectivity index (χ0) is 15.5. The van der Waals surface area contributed by atoms with E-state index in [0.29, 0.717) is 23.0 Å². The quantitative estimate of drug-likeness (QED) is 0.889. The van der Waals surface area contributed by atoms with E-state index in [0.717, 1.165) is 5.56 Å². The predicted molar refractivity (Wildman–Crippen MR) is 79.3 cm³/mol. The smallest absolute Gasteiger partial charge is 0.317 e. The molecule has 1 saturated heterocycles. The number of carbonyl (C=O) groups excluding carboxylic acids is 1. The summed E-state index contributed by atoms with van der Waals surface area (Å²) in [6, 6.07) is 4.87. The van der Waals surface area contributed by atoms with Crippen LogP contribution in [0.3, 0.4) is 0 Å². The first-order valence-corrected chi connectivity index (χ1v) is 7.47. The lowest BCUT2D eigenvalue weighted by Crippen LogP contribution is -2.47. The highest BCUT2D eigenvalue weighted by molar-refractivity contribution is 6.35. The van der Waals surface area contributed by atoms with Crippen molar-refractivity contribution in [1.82, 2.24) is 10.2 Å². The molecule has 0 spiro atoms. The number of nitrogens with zero attached hydrogens (tertiary/aromatic N) is 1. The molecule has 1 aromatic rings. The van der Waals surface area contributed by atoms with Gasteiger partial charge in [-0.1, -0.05) is 29.3 Å². The maximum atomic E-state index is 13.0. The molecule has 1 aromatic carbocycles. The molecule has 0 bridgehead atoms. The third-order valence-corrected chi connectivity index (χ3v) is 4.05. The molecule has 1 heterocycles. The Hall–Kier alpha value is -1.07. The summed E-state index contributed by atoms with van der Waals surface area (Å²) in [5, 5.41) is 3.83. The summed E-state index contributed by atoms with van der Waals surface area (Å²) in [5.74, 6) is -2.65. The molecule has 0 aromatic heterocycles. The van der Waals surface area contributed by atoms with E-state index in [-0.39, 0.29) is 32.0 Å². The van der Waals surface area contributed by atoms with Crippen LogP contribution in [0.4, 0.5) is 13.6 Å². The Morgan fingerprint density at radius 2 is 1.95 bits per heavy atom. The number of alkyl halides is 2. The molecule has 2 rings (SSSR count). The van der Waals surface area contributed by atoms with Crippen molar-refractivity contribution >= 4 is 29.2 Å². The molecule has 116 valence electrons. The summed E-state index contributed by atoms with van der Waals surface area (Å²) in [5.41, 5.74) is 0.881. The molecule has 1 aliphatic heterocycles. The molecule has 0 aliphatic carbocycles. The summed E-state index contributed by atoms with van der Waals surface area (Å²) in [6.07, 6.45) is 0.0125. The standard InChI is InChI=1S/C14H16Cl2F2N2O/c15-11-2-1-10(12(16)9-11)3-6-19-13(21)20-7-4-14(17,18)5-8-20/h1-2,9H,3-8H2,(H,19,21). The zero-order valence-corrected chi connectivity index (χ0v) is 12.9. The summed E-state index contributed by atoms with van der Waals surface area (Å²) < 4.78 is 26.0. The largest absolute Gasteiger partial charge is 0.338 e. The average molecular weight is 337 g/mol. The number of nitrogens with one attached hydrogen (secondary N) is 1. The van der Waals surface area contributed by atoms with Gasteiger partial charge in [0, 0.05) is 42.5 Å². The normalized spacial score (nSPS) is 17.6. The van der Waals surface area contributed by atoms with E-state index < -0.39 is 5.92 Å². The van der Waals surface area contributed by atoms with Gasteiger partial charge in [-0.25, -0.2) is 13.6 Å². The second kappa shape index (κ2) is 6.79. The molecule has 7 heteroatoms. The minimum atomic E-state index is -2.65. The van der Waals surface area contributed by atoms with Crippen LogP contribution in [0.25, 0.3) is 0 Å². The Bertz CT molecular complexity index is 516. The number of urea groups is 1. The van der Waals surface area contributed by atoms with Crippen LogP contribution in [0.5, 0.6) is 0 Å². The van der Waals surface area contributed by atoms with Crippen molar-refractivity contribution < 1.29 is 13.6 Å². The SMILES string of the molecule is O=C(NCCc1ccc(Cl)cc1Cl)N1CCC(F)(F)CC1. The monoisotopic (exact) mass is 336 g/mol. The molecule has 2 amide bonds. The first-order valence-electron chi connectivity index (χ1n) is 6.72. The van der Waals surface area contributed by atoms with E-state index in [9.17, 15) is 13.6 Å². The maximum absolute atomic E-state index is 13.0. The van der Waals surface area contributed by atoms with Gasteiger partial charge in [0.2, 0.25) is 0 Å². The molecule has 0 unspecified atom stereocenters. The summed E-state index contributed by atoms with van der Waals surface area (Å²) >= 11 is 11.8. The first-order chi connectivity index (χ1) is 9.87. The number of halogens is 4. The lowest BCUT2D eigenvalue weighted by Gasteiger charge is -2.31. The molecule has 3 nitrogen and oxygen atoms in total. The van der Waals surface area contributed by atoms with Crippen LogP contribution in [0.2, 0.25) is 10.0 Å². The van der Waals surface area contributed by atoms with Crippen LogP contribution in [0.15, 0.2) is 18.2 Å². The number of hydrogen-bond donors (Lipinski definition) is 1. The van der Waals surface area contributed by atoms with Crippen molar-refractivity contribution in [2.45, 2.75) is 25.2 Å². The van der Waals surface area contributed by atoms with Crippen LogP contribution >= 0.6 is 23.2 Å². The fourth-order valence-corrected chi connectivity index (χ4v) is 2.68. The molecule has 0 saturated carbocycles. The number of benzene rings is 1. The average Bonchev–Trinajstić information content (AvgIpc) is 2.41. The van der Waals surface area contributed by atoms with Crippen molar-refractivity contribution in [3.63, 3.8) is 0 Å². The van der Waals surface area contributed by atoms with Gasteiger partial charge < -0.3 is 10.2 Å². The minimum absolute atomic E-state index is 0.0839. The lowest BCUT2D eigenvalue weighted by molar-refractivity contribution is -0.0469. The second-order valence-electron chi connectivity index (χ2n) is 5.06. The highest BCUT2D eigenvalue weighted by Crippen LogP contribution is 2.27. The topological polar surface area (TPSA) is 32.3 Å². The van der Waals surface area contributed by atoms with Gasteiger partial charge in [-0.2, -0.15) is 0 Å². The number of piperidine rings is 1. The number of amides is 2. The number of carbonyl (C=O) groups is 1. The molecule has 0 atom stereocenters. The van der Waals surface area contributed by atoms with Crippen LogP contribution in [-0.4, -0.2) is 36.5 Å². The van der Waals surface area contributed by atoms with E-state index in [4.69, 9.17) is 23.2 Å². The molecular weight excluding hydrogens is 321 g/mol. The third kappa shape index (κ3) is 4.71. The Balaban J connectivity index is 1.77. The van der Waals surface area contributed by atoms with E-state index in [2.05, 4.69) is 5.32 Å². The number of likely N-dealkylation sites (tertiary alicyclic amines) is 1. The van der Waals surface area contributed by atoms with Gasteiger partial charge in [0.1, 0.15) is 0 Å². The Morgan fingerprint density at radius 3 is 2.57 bits per heavy atom. The maximum Gasteiger partial charge on any atom is 0.317 e. The van der Waals surface area contributed by atoms with Crippen molar-refractivity contribution in [2.75, 3.05) is 19.6 Å². The van der Waals surface area contributed by atoms with Crippen LogP contribution in [-0.2, 0) is 6.42 Å². The van der Waals surface area contributed by atoms with Crippen molar-refractivity contribution in [1.29, 1.82) is 0 Å². The lowest BCUT2D eigenvalue weighted by atomic mass is 10.1. The van der Waals surface area contributed by atoms with Crippen LogP contribution < -0.4 is 5.32 Å². The molecule has 21 heavy (non-hydrogen) atoms. The highest BCUT2D eigenvalue weighted by atomic mass is 35.5. The van der Waals surface area contributed by atoms with E-state index in [1.807, 2.05) is 0 Å². The molecular formula is C14H16Cl2F2N2O. The Labute approximate surface area is 132 Å². The first kappa shape index (κ1) is 16.3. The number of hydrogen-bond acceptors (Lipinski definition) is 1. The van der Waals surface area contributed by atoms with Gasteiger partial charge in [-0.05, 0) is 24.1 Å². The summed E-state index contributed by atoms with van der Waals surface area (Å²) in [6.45, 7) is 0.564. The molecule has 1 N–H and O–H groups in total. The van der Waals surface area contributed by atoms with Crippen LogP contribution in [0, 0.1) is 0 Å². The Kier molecular flexibility index (Phi) is 5.27. The van der Waals surface area contributed by atoms with Gasteiger partial charge in [-0.3, -0.25) is 0 Å². The van der Waals surface area contributed by atoms with Gasteiger partial charge in [0.05, 0.1) is 0 Å². The number of rotatable bonds is 3. The Morgan fingerprint density at radius 1 is 1.29 bits per heavy atom. The summed E-state index contributed by atoms with van der Waals surface area (Å²) in [4.78, 5) is 13.3. The van der Waals surface area contributed by atoms with Gasteiger partial charge in [-0.15, -0.1) is 0 Å². The van der Waals surface area contributed by atoms with E-state index in [1.54, 1.807) is 18.2 Å². The fourth-order valence-electron chi connectivity index (χ4n) is 2.18. The fraction of sp³-hybridized carbons (Fsp3) is 0.500. The second-order valence-corrected chi connectivity index (χ2v) is 5.90. The molecule has 1 aliphatic rings. The van der Waals surface area contributed by atoms with Crippen LogP contribution in [0.1, 0.15) is 18.4 Å². The predicted octanol–water partition coefficient (Wildman–Crippen LogP) is 3.98. The van der Waals surface area contributed by atoms with Gasteiger partial charge in [0.15, 0.2) is 0 Å². The summed E-state index contributed by atoms with van der Waals surface area (Å²) in [7, 11) is 0. The molecule has 1 fully saturated rings. The zero-order valence-electron chi connectivity index (χ0n) is 11.3. The van der Waals surface area contributed by atoms with Crippen molar-refractivity contribution in [3.8, 4) is 0 Å². The van der Waals surface area contributed by atoms with Gasteiger partial charge in [0.25, 0.3) is 5.92 Å². The third-order valence-electron chi connectivity index (χ3n) is 3.47. The molecule has 0 radical (unpaired) electrons.